The molecular formula is C18H18FN3O2. The number of amides is 1. The average Bonchev–Trinajstić information content (AvgIpc) is 2.60. The van der Waals surface area contributed by atoms with E-state index in [0.717, 1.165) is 17.0 Å². The molecule has 0 fully saturated rings. The van der Waals surface area contributed by atoms with Crippen LogP contribution in [-0.2, 0) is 0 Å². The van der Waals surface area contributed by atoms with Crippen molar-refractivity contribution in [3.05, 3.63) is 58.9 Å². The van der Waals surface area contributed by atoms with Crippen molar-refractivity contribution in [2.24, 2.45) is 5.73 Å². The van der Waals surface area contributed by atoms with Gasteiger partial charge in [-0.2, -0.15) is 0 Å². The van der Waals surface area contributed by atoms with Crippen LogP contribution in [0.1, 0.15) is 40.1 Å². The van der Waals surface area contributed by atoms with E-state index in [2.05, 4.69) is 10.2 Å². The molecule has 24 heavy (non-hydrogen) atoms. The van der Waals surface area contributed by atoms with Gasteiger partial charge in [0, 0.05) is 12.6 Å². The van der Waals surface area contributed by atoms with Gasteiger partial charge in [0.2, 0.25) is 0 Å². The highest BCUT2D eigenvalue weighted by Gasteiger charge is 2.37. The molecule has 3 N–H and O–H groups in total. The maximum Gasteiger partial charge on any atom is 0.255 e. The van der Waals surface area contributed by atoms with Gasteiger partial charge in [-0.1, -0.05) is 12.1 Å². The third kappa shape index (κ3) is 2.22. The van der Waals surface area contributed by atoms with Gasteiger partial charge in [0.05, 0.1) is 18.4 Å². The summed E-state index contributed by atoms with van der Waals surface area (Å²) in [5, 5.41) is 2.97. The van der Waals surface area contributed by atoms with E-state index in [-0.39, 0.29) is 18.1 Å². The minimum absolute atomic E-state index is 0.256. The highest BCUT2D eigenvalue weighted by Crippen LogP contribution is 2.42. The first-order valence-corrected chi connectivity index (χ1v) is 7.89. The maximum absolute atomic E-state index is 13.9. The lowest BCUT2D eigenvalue weighted by Gasteiger charge is -2.44. The molecule has 0 aliphatic carbocycles. The Bertz CT molecular complexity index is 807. The van der Waals surface area contributed by atoms with Crippen LogP contribution in [0.4, 0.5) is 10.1 Å². The first-order valence-electron chi connectivity index (χ1n) is 7.89. The second-order valence-corrected chi connectivity index (χ2v) is 6.13. The molecule has 5 nitrogen and oxygen atoms in total. The molecule has 2 atom stereocenters. The summed E-state index contributed by atoms with van der Waals surface area (Å²) in [5.41, 5.74) is 8.90. The summed E-state index contributed by atoms with van der Waals surface area (Å²) < 4.78 is 19.1. The number of carbonyl (C=O) groups excluding carboxylic acids is 1. The third-order valence-electron chi connectivity index (χ3n) is 4.73. The Labute approximate surface area is 139 Å². The summed E-state index contributed by atoms with van der Waals surface area (Å²) in [5.74, 6) is 0.0423. The summed E-state index contributed by atoms with van der Waals surface area (Å²) in [6, 6.07) is 10.0. The highest BCUT2D eigenvalue weighted by molar-refractivity contribution is 6.03. The minimum Gasteiger partial charge on any atom is -0.497 e. The van der Waals surface area contributed by atoms with Gasteiger partial charge >= 0.3 is 0 Å². The van der Waals surface area contributed by atoms with Gasteiger partial charge < -0.3 is 20.7 Å². The number of anilines is 1. The normalized spacial score (nSPS) is 22.0. The van der Waals surface area contributed by atoms with Crippen LogP contribution in [-0.4, -0.2) is 19.6 Å². The lowest BCUT2D eigenvalue weighted by molar-refractivity contribution is 0.0924. The summed E-state index contributed by atoms with van der Waals surface area (Å²) in [6.45, 7) is 0.698. The number of nitrogens with two attached hydrogens (primary N) is 1. The Morgan fingerprint density at radius 1 is 1.29 bits per heavy atom. The molecule has 2 aromatic carbocycles. The first-order chi connectivity index (χ1) is 11.6. The lowest BCUT2D eigenvalue weighted by Crippen LogP contribution is -2.50. The molecule has 6 heteroatoms. The van der Waals surface area contributed by atoms with Gasteiger partial charge in [-0.3, -0.25) is 4.79 Å². The van der Waals surface area contributed by atoms with E-state index in [1.165, 1.54) is 12.1 Å². The Hall–Kier alpha value is -2.60. The molecule has 0 saturated heterocycles. The number of hydrogen-bond donors (Lipinski definition) is 2. The molecule has 0 saturated carbocycles. The fourth-order valence-electron chi connectivity index (χ4n) is 3.53. The largest absolute Gasteiger partial charge is 0.497 e. The van der Waals surface area contributed by atoms with Crippen LogP contribution in [0, 0.1) is 5.82 Å². The quantitative estimate of drug-likeness (QED) is 0.889. The molecule has 2 aliphatic rings. The number of hydrogen-bond acceptors (Lipinski definition) is 4. The zero-order valence-corrected chi connectivity index (χ0v) is 13.3. The molecule has 1 amide bonds. The van der Waals surface area contributed by atoms with Crippen molar-refractivity contribution < 1.29 is 13.9 Å². The number of benzene rings is 2. The molecule has 0 radical (unpaired) electrons. The Balaban J connectivity index is 1.82. The number of nitrogens with zero attached hydrogens (tertiary/aromatic N) is 1. The summed E-state index contributed by atoms with van der Waals surface area (Å²) in [6.07, 6.45) is 0.408. The smallest absolute Gasteiger partial charge is 0.255 e. The zero-order valence-electron chi connectivity index (χ0n) is 13.3. The number of nitrogens with one attached hydrogen (secondary N) is 1. The van der Waals surface area contributed by atoms with Crippen molar-refractivity contribution >= 4 is 11.6 Å². The van der Waals surface area contributed by atoms with Gasteiger partial charge in [0.1, 0.15) is 17.7 Å². The lowest BCUT2D eigenvalue weighted by atomic mass is 9.90. The second-order valence-electron chi connectivity index (χ2n) is 6.13. The van der Waals surface area contributed by atoms with Crippen LogP contribution in [0.25, 0.3) is 0 Å². The first kappa shape index (κ1) is 15.0. The van der Waals surface area contributed by atoms with E-state index < -0.39 is 5.82 Å². The Morgan fingerprint density at radius 3 is 2.75 bits per heavy atom. The van der Waals surface area contributed by atoms with Gasteiger partial charge in [0.25, 0.3) is 5.91 Å². The van der Waals surface area contributed by atoms with Crippen molar-refractivity contribution in [1.29, 1.82) is 0 Å². The van der Waals surface area contributed by atoms with Gasteiger partial charge in [-0.05, 0) is 41.8 Å². The van der Waals surface area contributed by atoms with Crippen LogP contribution in [0.5, 0.6) is 5.75 Å². The van der Waals surface area contributed by atoms with Crippen LogP contribution < -0.4 is 20.7 Å². The highest BCUT2D eigenvalue weighted by atomic mass is 19.1. The van der Waals surface area contributed by atoms with Crippen molar-refractivity contribution in [3.63, 3.8) is 0 Å². The molecule has 0 unspecified atom stereocenters. The van der Waals surface area contributed by atoms with Gasteiger partial charge in [-0.15, -0.1) is 0 Å². The SMILES string of the molecule is COc1ccc([C@H]2NC(=O)c3cc(F)cc4c3N2CC[C@@H]4N)cc1. The van der Waals surface area contributed by atoms with Gasteiger partial charge in [-0.25, -0.2) is 4.39 Å². The van der Waals surface area contributed by atoms with E-state index in [9.17, 15) is 9.18 Å². The summed E-state index contributed by atoms with van der Waals surface area (Å²) in [4.78, 5) is 14.6. The van der Waals surface area contributed by atoms with Crippen molar-refractivity contribution in [1.82, 2.24) is 5.32 Å². The fraction of sp³-hybridized carbons (Fsp3) is 0.278. The Kier molecular flexibility index (Phi) is 3.42. The molecule has 2 aliphatic heterocycles. The number of ether oxygens (including phenoxy) is 1. The number of rotatable bonds is 2. The zero-order chi connectivity index (χ0) is 16.8. The monoisotopic (exact) mass is 327 g/mol. The molecule has 124 valence electrons. The van der Waals surface area contributed by atoms with Gasteiger partial charge in [0.15, 0.2) is 0 Å². The predicted octanol–water partition coefficient (Wildman–Crippen LogP) is 2.49. The summed E-state index contributed by atoms with van der Waals surface area (Å²) in [7, 11) is 1.61. The summed E-state index contributed by atoms with van der Waals surface area (Å²) >= 11 is 0. The van der Waals surface area contributed by atoms with Crippen molar-refractivity contribution in [2.75, 3.05) is 18.6 Å². The average molecular weight is 327 g/mol. The van der Waals surface area contributed by atoms with E-state index in [4.69, 9.17) is 10.5 Å². The van der Waals surface area contributed by atoms with Crippen LogP contribution in [0.3, 0.4) is 0 Å². The number of methoxy groups -OCH3 is 1. The van der Waals surface area contributed by atoms with Crippen LogP contribution in [0.2, 0.25) is 0 Å². The van der Waals surface area contributed by atoms with E-state index in [0.29, 0.717) is 24.1 Å². The standard InChI is InChI=1S/C18H18FN3O2/c1-24-12-4-2-10(3-5-12)17-21-18(23)14-9-11(19)8-13-15(20)6-7-22(17)16(13)14/h2-5,8-9,15,17H,6-7,20H2,1H3,(H,21,23)/t15-,17-/m0/s1. The van der Waals surface area contributed by atoms with E-state index in [1.807, 2.05) is 24.3 Å². The maximum atomic E-state index is 13.9. The topological polar surface area (TPSA) is 67.6 Å². The van der Waals surface area contributed by atoms with E-state index in [1.54, 1.807) is 7.11 Å². The van der Waals surface area contributed by atoms with Crippen LogP contribution in [0.15, 0.2) is 36.4 Å². The predicted molar refractivity (Wildman–Crippen MR) is 88.5 cm³/mol. The molecule has 4 rings (SSSR count). The Morgan fingerprint density at radius 2 is 2.04 bits per heavy atom. The van der Waals surface area contributed by atoms with Crippen molar-refractivity contribution in [3.8, 4) is 5.75 Å². The number of carbonyl (C=O) groups is 1. The molecule has 0 bridgehead atoms. The van der Waals surface area contributed by atoms with Crippen LogP contribution >= 0.6 is 0 Å². The third-order valence-corrected chi connectivity index (χ3v) is 4.73. The minimum atomic E-state index is -0.431. The molecule has 2 heterocycles. The molecule has 0 spiro atoms. The molecular weight excluding hydrogens is 309 g/mol. The van der Waals surface area contributed by atoms with Crippen molar-refractivity contribution in [2.45, 2.75) is 18.6 Å². The molecule has 0 aromatic heterocycles. The molecule has 2 aromatic rings. The number of halogens is 1. The van der Waals surface area contributed by atoms with E-state index >= 15 is 0 Å². The second kappa shape index (κ2) is 5.49. The fourth-order valence-corrected chi connectivity index (χ4v) is 3.53.